The summed E-state index contributed by atoms with van der Waals surface area (Å²) in [5.41, 5.74) is 2.11. The number of rotatable bonds is 5. The Hall–Kier alpha value is -2.03. The maximum absolute atomic E-state index is 12.5. The van der Waals surface area contributed by atoms with E-state index in [4.69, 9.17) is 0 Å². The highest BCUT2D eigenvalue weighted by atomic mass is 16.2. The highest BCUT2D eigenvalue weighted by Gasteiger charge is 2.43. The summed E-state index contributed by atoms with van der Waals surface area (Å²) in [5, 5.41) is 3.08. The van der Waals surface area contributed by atoms with E-state index in [0.29, 0.717) is 6.54 Å². The predicted octanol–water partition coefficient (Wildman–Crippen LogP) is 3.04. The second kappa shape index (κ2) is 5.53. The lowest BCUT2D eigenvalue weighted by Crippen LogP contribution is -2.46. The zero-order valence-corrected chi connectivity index (χ0v) is 11.6. The number of carbonyl (C=O) groups is 1. The van der Waals surface area contributed by atoms with E-state index in [0.717, 1.165) is 31.4 Å². The molecule has 0 aliphatic heterocycles. The van der Waals surface area contributed by atoms with E-state index in [1.165, 1.54) is 5.56 Å². The molecule has 0 bridgehead atoms. The molecule has 1 fully saturated rings. The summed E-state index contributed by atoms with van der Waals surface area (Å²) in [6, 6.07) is 14.3. The minimum absolute atomic E-state index is 0.187. The topological polar surface area (TPSA) is 44.9 Å². The van der Waals surface area contributed by atoms with Gasteiger partial charge >= 0.3 is 0 Å². The highest BCUT2D eigenvalue weighted by molar-refractivity contribution is 5.83. The van der Waals surface area contributed by atoms with Crippen molar-refractivity contribution in [1.29, 1.82) is 0 Å². The maximum atomic E-state index is 12.5. The Bertz CT molecular complexity index is 556. The fourth-order valence-corrected chi connectivity index (χ4v) is 2.91. The van der Waals surface area contributed by atoms with Gasteiger partial charge in [-0.1, -0.05) is 36.8 Å². The minimum atomic E-state index is -0.187. The molecule has 2 aromatic rings. The molecule has 0 spiro atoms. The van der Waals surface area contributed by atoms with Crippen LogP contribution in [0.15, 0.2) is 48.7 Å². The molecule has 0 atom stereocenters. The lowest BCUT2D eigenvalue weighted by Gasteiger charge is -2.40. The zero-order valence-electron chi connectivity index (χ0n) is 11.6. The van der Waals surface area contributed by atoms with Gasteiger partial charge in [0.25, 0.3) is 0 Å². The monoisotopic (exact) mass is 268 g/mol. The Morgan fingerprint density at radius 1 is 1.15 bits per heavy atom. The molecule has 1 saturated carbocycles. The quantitative estimate of drug-likeness (QED) is 0.860. The number of nitrogens with one attached hydrogen (secondary N) is 2. The van der Waals surface area contributed by atoms with Crippen LogP contribution in [-0.2, 0) is 17.8 Å². The largest absolute Gasteiger partial charge is 0.364 e. The average Bonchev–Trinajstić information content (AvgIpc) is 2.94. The van der Waals surface area contributed by atoms with Gasteiger partial charge in [0.2, 0.25) is 5.91 Å². The summed E-state index contributed by atoms with van der Waals surface area (Å²) in [7, 11) is 0. The number of aromatic nitrogens is 1. The van der Waals surface area contributed by atoms with Crippen LogP contribution in [0.5, 0.6) is 0 Å². The first-order chi connectivity index (χ1) is 9.78. The third kappa shape index (κ3) is 2.62. The first kappa shape index (κ1) is 13.0. The molecule has 1 amide bonds. The number of hydrogen-bond donors (Lipinski definition) is 2. The van der Waals surface area contributed by atoms with Crippen molar-refractivity contribution in [2.24, 2.45) is 5.41 Å². The Morgan fingerprint density at radius 3 is 2.55 bits per heavy atom. The average molecular weight is 268 g/mol. The molecular weight excluding hydrogens is 248 g/mol. The first-order valence-corrected chi connectivity index (χ1v) is 7.23. The van der Waals surface area contributed by atoms with Crippen LogP contribution in [-0.4, -0.2) is 10.9 Å². The number of H-pyrrole nitrogens is 1. The predicted molar refractivity (Wildman–Crippen MR) is 79.1 cm³/mol. The number of aromatic amines is 1. The Morgan fingerprint density at radius 2 is 1.95 bits per heavy atom. The van der Waals surface area contributed by atoms with Crippen molar-refractivity contribution in [3.63, 3.8) is 0 Å². The fraction of sp³-hybridized carbons (Fsp3) is 0.353. The smallest absolute Gasteiger partial charge is 0.226 e. The van der Waals surface area contributed by atoms with Crippen LogP contribution in [0.1, 0.15) is 30.5 Å². The van der Waals surface area contributed by atoms with Gasteiger partial charge < -0.3 is 10.3 Å². The summed E-state index contributed by atoms with van der Waals surface area (Å²) in [4.78, 5) is 15.6. The fourth-order valence-electron chi connectivity index (χ4n) is 2.91. The molecule has 1 aliphatic rings. The van der Waals surface area contributed by atoms with E-state index in [9.17, 15) is 4.79 Å². The Kier molecular flexibility index (Phi) is 3.59. The van der Waals surface area contributed by atoms with Gasteiger partial charge in [0, 0.05) is 11.9 Å². The molecule has 3 nitrogen and oxygen atoms in total. The van der Waals surface area contributed by atoms with E-state index < -0.39 is 0 Å². The number of benzene rings is 1. The van der Waals surface area contributed by atoms with Gasteiger partial charge in [0.05, 0.1) is 12.0 Å². The molecular formula is C17H20N2O. The van der Waals surface area contributed by atoms with Crippen molar-refractivity contribution < 1.29 is 4.79 Å². The molecule has 0 radical (unpaired) electrons. The summed E-state index contributed by atoms with van der Waals surface area (Å²) in [6.07, 6.45) is 5.88. The third-order valence-electron chi connectivity index (χ3n) is 4.28. The maximum Gasteiger partial charge on any atom is 0.226 e. The van der Waals surface area contributed by atoms with E-state index in [2.05, 4.69) is 22.4 Å². The SMILES string of the molecule is O=C(NCc1ccc[nH]1)C1(Cc2ccccc2)CCC1. The van der Waals surface area contributed by atoms with Gasteiger partial charge in [-0.25, -0.2) is 0 Å². The molecule has 3 rings (SSSR count). The van der Waals surface area contributed by atoms with Gasteiger partial charge in [-0.3, -0.25) is 4.79 Å². The molecule has 1 aromatic heterocycles. The normalized spacial score (nSPS) is 16.4. The molecule has 1 aliphatic carbocycles. The second-order valence-electron chi connectivity index (χ2n) is 5.67. The first-order valence-electron chi connectivity index (χ1n) is 7.23. The van der Waals surface area contributed by atoms with Gasteiger partial charge in [0.1, 0.15) is 0 Å². The van der Waals surface area contributed by atoms with E-state index in [-0.39, 0.29) is 11.3 Å². The van der Waals surface area contributed by atoms with Gasteiger partial charge in [-0.2, -0.15) is 0 Å². The Labute approximate surface area is 119 Å². The standard InChI is InChI=1S/C17H20N2O/c20-16(19-13-15-8-4-11-18-15)17(9-5-10-17)12-14-6-2-1-3-7-14/h1-4,6-8,11,18H,5,9-10,12-13H2,(H,19,20). The lowest BCUT2D eigenvalue weighted by atomic mass is 9.64. The molecule has 0 saturated heterocycles. The van der Waals surface area contributed by atoms with Crippen LogP contribution >= 0.6 is 0 Å². The number of hydrogen-bond acceptors (Lipinski definition) is 1. The van der Waals surface area contributed by atoms with Crippen molar-refractivity contribution >= 4 is 5.91 Å². The van der Waals surface area contributed by atoms with Crippen LogP contribution < -0.4 is 5.32 Å². The summed E-state index contributed by atoms with van der Waals surface area (Å²) < 4.78 is 0. The van der Waals surface area contributed by atoms with E-state index >= 15 is 0 Å². The van der Waals surface area contributed by atoms with Crippen LogP contribution in [0, 0.1) is 5.41 Å². The molecule has 1 aromatic carbocycles. The molecule has 0 unspecified atom stereocenters. The van der Waals surface area contributed by atoms with Crippen molar-refractivity contribution in [3.05, 3.63) is 59.9 Å². The lowest BCUT2D eigenvalue weighted by molar-refractivity contribution is -0.136. The van der Waals surface area contributed by atoms with Crippen LogP contribution in [0.25, 0.3) is 0 Å². The number of amides is 1. The zero-order chi connectivity index (χ0) is 13.8. The minimum Gasteiger partial charge on any atom is -0.364 e. The van der Waals surface area contributed by atoms with Crippen molar-refractivity contribution in [2.75, 3.05) is 0 Å². The molecule has 2 N–H and O–H groups in total. The van der Waals surface area contributed by atoms with Crippen molar-refractivity contribution in [2.45, 2.75) is 32.2 Å². The summed E-state index contributed by atoms with van der Waals surface area (Å²) in [6.45, 7) is 0.586. The van der Waals surface area contributed by atoms with Crippen LogP contribution in [0.4, 0.5) is 0 Å². The number of carbonyl (C=O) groups excluding carboxylic acids is 1. The van der Waals surface area contributed by atoms with Gasteiger partial charge in [-0.05, 0) is 37.0 Å². The van der Waals surface area contributed by atoms with Crippen LogP contribution in [0.3, 0.4) is 0 Å². The summed E-state index contributed by atoms with van der Waals surface area (Å²) >= 11 is 0. The Balaban J connectivity index is 1.64. The van der Waals surface area contributed by atoms with E-state index in [1.54, 1.807) is 0 Å². The highest BCUT2D eigenvalue weighted by Crippen LogP contribution is 2.44. The van der Waals surface area contributed by atoms with E-state index in [1.807, 2.05) is 36.5 Å². The third-order valence-corrected chi connectivity index (χ3v) is 4.28. The molecule has 3 heteroatoms. The molecule has 20 heavy (non-hydrogen) atoms. The molecule has 104 valence electrons. The van der Waals surface area contributed by atoms with Crippen LogP contribution in [0.2, 0.25) is 0 Å². The second-order valence-corrected chi connectivity index (χ2v) is 5.67. The molecule has 1 heterocycles. The van der Waals surface area contributed by atoms with Crippen molar-refractivity contribution in [3.8, 4) is 0 Å². The van der Waals surface area contributed by atoms with Crippen molar-refractivity contribution in [1.82, 2.24) is 10.3 Å². The summed E-state index contributed by atoms with van der Waals surface area (Å²) in [5.74, 6) is 0.196. The van der Waals surface area contributed by atoms with Gasteiger partial charge in [0.15, 0.2) is 0 Å². The van der Waals surface area contributed by atoms with Gasteiger partial charge in [-0.15, -0.1) is 0 Å².